The van der Waals surface area contributed by atoms with E-state index >= 15 is 0 Å². The molecule has 0 fully saturated rings. The van der Waals surface area contributed by atoms with Crippen LogP contribution >= 0.6 is 0 Å². The van der Waals surface area contributed by atoms with E-state index in [0.717, 1.165) is 35.1 Å². The minimum Gasteiger partial charge on any atom is -0.504 e. The van der Waals surface area contributed by atoms with Crippen LogP contribution in [0, 0.1) is 0 Å². The minimum atomic E-state index is -1.11. The molecule has 0 bridgehead atoms. The van der Waals surface area contributed by atoms with Gasteiger partial charge in [-0.3, -0.25) is 0 Å². The summed E-state index contributed by atoms with van der Waals surface area (Å²) >= 11 is 0. The highest BCUT2D eigenvalue weighted by Gasteiger charge is 2.36. The smallest absolute Gasteiger partial charge is 0.186 e. The van der Waals surface area contributed by atoms with Crippen LogP contribution in [-0.2, 0) is 0 Å². The molecule has 0 amide bonds. The molecule has 10 heteroatoms. The monoisotopic (exact) mass is 776 g/mol. The van der Waals surface area contributed by atoms with Gasteiger partial charge in [-0.15, -0.1) is 0 Å². The van der Waals surface area contributed by atoms with Crippen molar-refractivity contribution in [2.45, 2.75) is 26.7 Å². The summed E-state index contributed by atoms with van der Waals surface area (Å²) in [5.41, 5.74) is 2.53. The van der Waals surface area contributed by atoms with Crippen molar-refractivity contribution in [1.82, 2.24) is 0 Å². The summed E-state index contributed by atoms with van der Waals surface area (Å²) in [7, 11) is 0. The molecule has 5 aromatic rings. The topological polar surface area (TPSA) is 168 Å². The van der Waals surface area contributed by atoms with Gasteiger partial charge in [0.2, 0.25) is 0 Å². The third-order valence-corrected chi connectivity index (χ3v) is 9.77. The number of phenolic OH excluding ortho intramolecular Hbond substituents is 8. The summed E-state index contributed by atoms with van der Waals surface area (Å²) in [4.78, 5) is 2.71. The summed E-state index contributed by atoms with van der Waals surface area (Å²) in [6.07, 6.45) is 17.5. The van der Waals surface area contributed by atoms with E-state index in [1.54, 1.807) is 56.3 Å². The number of allylic oxidation sites excluding steroid dienone is 10. The second-order valence-corrected chi connectivity index (χ2v) is 13.3. The molecule has 10 nitrogen and oxygen atoms in total. The van der Waals surface area contributed by atoms with Gasteiger partial charge in [-0.25, -0.2) is 0 Å². The van der Waals surface area contributed by atoms with E-state index in [2.05, 4.69) is 25.3 Å². The Morgan fingerprint density at radius 3 is 1.43 bits per heavy atom. The van der Waals surface area contributed by atoms with E-state index < -0.39 is 68.5 Å². The molecule has 8 N–H and O–H groups in total. The first-order chi connectivity index (χ1) is 28.0. The van der Waals surface area contributed by atoms with Crippen molar-refractivity contribution in [3.63, 3.8) is 0 Å². The molecule has 0 saturated carbocycles. The van der Waals surface area contributed by atoms with E-state index in [1.165, 1.54) is 28.0 Å². The van der Waals surface area contributed by atoms with Crippen LogP contribution in [0.1, 0.15) is 32.3 Å². The van der Waals surface area contributed by atoms with Crippen molar-refractivity contribution in [3.05, 3.63) is 164 Å². The molecule has 0 unspecified atom stereocenters. The number of nitrogens with zero attached hydrogens (tertiary/aromatic N) is 2. The SMILES string of the molecule is C=C/C=C(\C=C)N(c1ccc(C2=CCCC=C2)cc1)c1c(O)c(O)c(-c2c(O)c(O)c(N(C(/C=C\C)=C/C)c3ccc(-c4ccccc4)cc3)c(O)c2O)c(O)c1O. The van der Waals surface area contributed by atoms with Crippen molar-refractivity contribution in [3.8, 4) is 68.2 Å². The molecule has 0 saturated heterocycles. The molecule has 294 valence electrons. The molecule has 0 spiro atoms. The Labute approximate surface area is 336 Å². The normalized spacial score (nSPS) is 13.0. The van der Waals surface area contributed by atoms with Gasteiger partial charge in [0, 0.05) is 22.8 Å². The zero-order valence-corrected chi connectivity index (χ0v) is 32.0. The van der Waals surface area contributed by atoms with Gasteiger partial charge in [-0.1, -0.05) is 104 Å². The van der Waals surface area contributed by atoms with Crippen LogP contribution in [0.25, 0.3) is 27.8 Å². The van der Waals surface area contributed by atoms with Crippen LogP contribution in [0.4, 0.5) is 22.7 Å². The van der Waals surface area contributed by atoms with E-state index in [0.29, 0.717) is 17.1 Å². The quantitative estimate of drug-likeness (QED) is 0.0347. The lowest BCUT2D eigenvalue weighted by Crippen LogP contribution is -2.16. The molecule has 1 aliphatic rings. The van der Waals surface area contributed by atoms with Crippen LogP contribution in [-0.4, -0.2) is 40.9 Å². The third kappa shape index (κ3) is 7.22. The van der Waals surface area contributed by atoms with Crippen LogP contribution in [0.2, 0.25) is 0 Å². The zero-order chi connectivity index (χ0) is 41.7. The molecule has 0 radical (unpaired) electrons. The second kappa shape index (κ2) is 17.0. The Bertz CT molecular complexity index is 2470. The molecule has 0 aromatic heterocycles. The Balaban J connectivity index is 1.52. The minimum absolute atomic E-state index is 0.264. The van der Waals surface area contributed by atoms with Gasteiger partial charge in [0.05, 0.1) is 11.1 Å². The fraction of sp³-hybridized carbons (Fsp3) is 0.0833. The number of anilines is 4. The second-order valence-electron chi connectivity index (χ2n) is 13.3. The van der Waals surface area contributed by atoms with E-state index in [9.17, 15) is 40.9 Å². The summed E-state index contributed by atoms with van der Waals surface area (Å²) in [6.45, 7) is 11.1. The fourth-order valence-corrected chi connectivity index (χ4v) is 6.97. The number of rotatable bonds is 12. The number of aromatic hydroxyl groups is 8. The molecule has 5 aromatic carbocycles. The first-order valence-corrected chi connectivity index (χ1v) is 18.5. The molecule has 0 atom stereocenters. The average molecular weight is 777 g/mol. The molecule has 0 aliphatic heterocycles. The van der Waals surface area contributed by atoms with Crippen LogP contribution in [0.5, 0.6) is 46.0 Å². The Morgan fingerprint density at radius 2 is 1.02 bits per heavy atom. The maximum absolute atomic E-state index is 11.7. The van der Waals surface area contributed by atoms with Gasteiger partial charge in [0.1, 0.15) is 11.4 Å². The highest BCUT2D eigenvalue weighted by atomic mass is 16.3. The summed E-state index contributed by atoms with van der Waals surface area (Å²) < 4.78 is 0. The predicted molar refractivity (Wildman–Crippen MR) is 231 cm³/mol. The largest absolute Gasteiger partial charge is 0.504 e. The highest BCUT2D eigenvalue weighted by molar-refractivity contribution is 6.00. The van der Waals surface area contributed by atoms with Gasteiger partial charge in [0.25, 0.3) is 0 Å². The lowest BCUT2D eigenvalue weighted by atomic mass is 9.96. The molecule has 58 heavy (non-hydrogen) atoms. The Morgan fingerprint density at radius 1 is 0.552 bits per heavy atom. The maximum atomic E-state index is 11.7. The van der Waals surface area contributed by atoms with Gasteiger partial charge in [-0.05, 0) is 91.4 Å². The van der Waals surface area contributed by atoms with Crippen molar-refractivity contribution in [1.29, 1.82) is 0 Å². The van der Waals surface area contributed by atoms with Gasteiger partial charge >= 0.3 is 0 Å². The predicted octanol–water partition coefficient (Wildman–Crippen LogP) is 11.4. The number of phenols is 8. The molecular formula is C48H44N2O8. The number of hydrogen-bond donors (Lipinski definition) is 8. The summed E-state index contributed by atoms with van der Waals surface area (Å²) in [6, 6.07) is 23.8. The molecule has 1 aliphatic carbocycles. The lowest BCUT2D eigenvalue weighted by Gasteiger charge is -2.30. The van der Waals surface area contributed by atoms with E-state index in [1.807, 2.05) is 60.7 Å². The number of benzene rings is 5. The van der Waals surface area contributed by atoms with Crippen LogP contribution < -0.4 is 9.80 Å². The third-order valence-electron chi connectivity index (χ3n) is 9.77. The standard InChI is InChI=1S/C48H44N2O8/c1-5-15-33(7-3)49(35-25-21-31(22-26-35)29-17-11-9-12-18-29)39-45(55)41(51)37(42(52)46(39)56)38-43(53)47(57)40(48(58)44(38)54)50(34(8-4)16-6-2)36-27-23-32(24-28-36)30-19-13-10-14-20-30/h5-8,10-11,13-28,51-58H,1,3,9,12H2,2,4H3/b16-6-,33-15+,34-8+. The van der Waals surface area contributed by atoms with Gasteiger partial charge in [-0.2, -0.15) is 0 Å². The fourth-order valence-electron chi connectivity index (χ4n) is 6.97. The van der Waals surface area contributed by atoms with Crippen molar-refractivity contribution < 1.29 is 40.9 Å². The summed E-state index contributed by atoms with van der Waals surface area (Å²) in [5.74, 6) is -8.32. The van der Waals surface area contributed by atoms with Crippen molar-refractivity contribution in [2.75, 3.05) is 9.80 Å². The van der Waals surface area contributed by atoms with E-state index in [4.69, 9.17) is 0 Å². The van der Waals surface area contributed by atoms with Crippen molar-refractivity contribution in [2.24, 2.45) is 0 Å². The van der Waals surface area contributed by atoms with Crippen molar-refractivity contribution >= 4 is 28.3 Å². The molecule has 6 rings (SSSR count). The lowest BCUT2D eigenvalue weighted by molar-refractivity contribution is 0.368. The zero-order valence-electron chi connectivity index (χ0n) is 32.0. The van der Waals surface area contributed by atoms with E-state index in [-0.39, 0.29) is 5.70 Å². The first kappa shape index (κ1) is 40.0. The first-order valence-electron chi connectivity index (χ1n) is 18.5. The Hall–Kier alpha value is -7.72. The van der Waals surface area contributed by atoms with Crippen LogP contribution in [0.15, 0.2) is 158 Å². The molecule has 0 heterocycles. The Kier molecular flexibility index (Phi) is 11.7. The maximum Gasteiger partial charge on any atom is 0.186 e. The van der Waals surface area contributed by atoms with Gasteiger partial charge < -0.3 is 50.7 Å². The molecular weight excluding hydrogens is 733 g/mol. The van der Waals surface area contributed by atoms with Crippen LogP contribution in [0.3, 0.4) is 0 Å². The number of hydrogen-bond acceptors (Lipinski definition) is 10. The average Bonchev–Trinajstić information content (AvgIpc) is 3.26. The summed E-state index contributed by atoms with van der Waals surface area (Å²) in [5, 5.41) is 93.0. The highest BCUT2D eigenvalue weighted by Crippen LogP contribution is 2.64. The van der Waals surface area contributed by atoms with Gasteiger partial charge in [0.15, 0.2) is 46.0 Å².